The number of urea groups is 1. The summed E-state index contributed by atoms with van der Waals surface area (Å²) in [6, 6.07) is 5.78. The van der Waals surface area contributed by atoms with Crippen LogP contribution in [0.1, 0.15) is 31.2 Å². The molecule has 1 aliphatic rings. The minimum absolute atomic E-state index is 0.0861. The SMILES string of the molecule is COc1ccc(NC(=O)N(C)C2CCC(CO)CC2)cc1C. The average molecular weight is 306 g/mol. The largest absolute Gasteiger partial charge is 0.496 e. The van der Waals surface area contributed by atoms with E-state index in [9.17, 15) is 9.90 Å². The first-order valence-corrected chi connectivity index (χ1v) is 7.84. The number of hydrogen-bond acceptors (Lipinski definition) is 3. The second-order valence-corrected chi connectivity index (χ2v) is 6.08. The van der Waals surface area contributed by atoms with Gasteiger partial charge in [-0.3, -0.25) is 0 Å². The fourth-order valence-electron chi connectivity index (χ4n) is 3.05. The van der Waals surface area contributed by atoms with Crippen LogP contribution >= 0.6 is 0 Å². The fraction of sp³-hybridized carbons (Fsp3) is 0.588. The third-order valence-corrected chi connectivity index (χ3v) is 4.59. The summed E-state index contributed by atoms with van der Waals surface area (Å²) in [6.07, 6.45) is 3.88. The topological polar surface area (TPSA) is 61.8 Å². The second kappa shape index (κ2) is 7.49. The molecule has 0 spiro atoms. The number of carbonyl (C=O) groups excluding carboxylic acids is 1. The normalized spacial score (nSPS) is 21.3. The van der Waals surface area contributed by atoms with Gasteiger partial charge in [0.05, 0.1) is 7.11 Å². The van der Waals surface area contributed by atoms with Crippen molar-refractivity contribution in [1.82, 2.24) is 4.90 Å². The molecule has 0 unspecified atom stereocenters. The van der Waals surface area contributed by atoms with E-state index in [0.717, 1.165) is 42.7 Å². The van der Waals surface area contributed by atoms with Crippen LogP contribution in [0.5, 0.6) is 5.75 Å². The molecule has 1 saturated carbocycles. The Balaban J connectivity index is 1.92. The lowest BCUT2D eigenvalue weighted by Gasteiger charge is -2.34. The van der Waals surface area contributed by atoms with Crippen LogP contribution in [0, 0.1) is 12.8 Å². The lowest BCUT2D eigenvalue weighted by molar-refractivity contribution is 0.139. The zero-order valence-electron chi connectivity index (χ0n) is 13.6. The maximum Gasteiger partial charge on any atom is 0.321 e. The first kappa shape index (κ1) is 16.6. The summed E-state index contributed by atoms with van der Waals surface area (Å²) >= 11 is 0. The second-order valence-electron chi connectivity index (χ2n) is 6.08. The van der Waals surface area contributed by atoms with Crippen molar-refractivity contribution in [1.29, 1.82) is 0 Å². The van der Waals surface area contributed by atoms with Crippen molar-refractivity contribution in [3.8, 4) is 5.75 Å². The number of aliphatic hydroxyl groups is 1. The summed E-state index contributed by atoms with van der Waals surface area (Å²) < 4.78 is 5.22. The van der Waals surface area contributed by atoms with E-state index in [0.29, 0.717) is 5.92 Å². The number of aryl methyl sites for hydroxylation is 1. The van der Waals surface area contributed by atoms with Gasteiger partial charge in [-0.1, -0.05) is 0 Å². The lowest BCUT2D eigenvalue weighted by Crippen LogP contribution is -2.42. The van der Waals surface area contributed by atoms with Crippen molar-refractivity contribution in [2.75, 3.05) is 26.1 Å². The minimum atomic E-state index is -0.0861. The minimum Gasteiger partial charge on any atom is -0.496 e. The number of nitrogens with zero attached hydrogens (tertiary/aromatic N) is 1. The third-order valence-electron chi connectivity index (χ3n) is 4.59. The van der Waals surface area contributed by atoms with E-state index in [1.165, 1.54) is 0 Å². The Kier molecular flexibility index (Phi) is 5.66. The van der Waals surface area contributed by atoms with Gasteiger partial charge < -0.3 is 20.1 Å². The highest BCUT2D eigenvalue weighted by molar-refractivity contribution is 5.89. The van der Waals surface area contributed by atoms with Crippen LogP contribution in [0.2, 0.25) is 0 Å². The van der Waals surface area contributed by atoms with E-state index >= 15 is 0 Å². The van der Waals surface area contributed by atoms with Gasteiger partial charge in [0.1, 0.15) is 5.75 Å². The van der Waals surface area contributed by atoms with Crippen molar-refractivity contribution in [2.24, 2.45) is 5.92 Å². The molecule has 0 heterocycles. The van der Waals surface area contributed by atoms with E-state index in [1.807, 2.05) is 32.2 Å². The Morgan fingerprint density at radius 1 is 1.36 bits per heavy atom. The zero-order valence-corrected chi connectivity index (χ0v) is 13.6. The van der Waals surface area contributed by atoms with Crippen LogP contribution < -0.4 is 10.1 Å². The molecule has 0 saturated heterocycles. The smallest absolute Gasteiger partial charge is 0.321 e. The van der Waals surface area contributed by atoms with Crippen LogP contribution in [0.3, 0.4) is 0 Å². The molecule has 2 rings (SSSR count). The maximum atomic E-state index is 12.4. The van der Waals surface area contributed by atoms with Crippen molar-refractivity contribution in [3.63, 3.8) is 0 Å². The summed E-state index contributed by atoms with van der Waals surface area (Å²) in [4.78, 5) is 14.1. The van der Waals surface area contributed by atoms with Crippen molar-refractivity contribution < 1.29 is 14.6 Å². The molecule has 1 aliphatic carbocycles. The van der Waals surface area contributed by atoms with Crippen LogP contribution in [0.15, 0.2) is 18.2 Å². The number of amides is 2. The van der Waals surface area contributed by atoms with E-state index in [4.69, 9.17) is 4.74 Å². The zero-order chi connectivity index (χ0) is 16.1. The highest BCUT2D eigenvalue weighted by Gasteiger charge is 2.26. The van der Waals surface area contributed by atoms with Gasteiger partial charge in [0.2, 0.25) is 0 Å². The molecule has 5 nitrogen and oxygen atoms in total. The number of benzene rings is 1. The van der Waals surface area contributed by atoms with Gasteiger partial charge in [0.15, 0.2) is 0 Å². The molecule has 2 amide bonds. The number of nitrogens with one attached hydrogen (secondary N) is 1. The molecule has 0 aromatic heterocycles. The van der Waals surface area contributed by atoms with Crippen molar-refractivity contribution in [2.45, 2.75) is 38.6 Å². The molecular formula is C17H26N2O3. The van der Waals surface area contributed by atoms with Crippen LogP contribution in [0.25, 0.3) is 0 Å². The summed E-state index contributed by atoms with van der Waals surface area (Å²) in [5.74, 6) is 1.21. The Labute approximate surface area is 132 Å². The van der Waals surface area contributed by atoms with Crippen LogP contribution in [0.4, 0.5) is 10.5 Å². The van der Waals surface area contributed by atoms with Gasteiger partial charge in [-0.15, -0.1) is 0 Å². The molecule has 0 atom stereocenters. The first-order chi connectivity index (χ1) is 10.5. The number of aliphatic hydroxyl groups excluding tert-OH is 1. The number of carbonyl (C=O) groups is 1. The number of hydrogen-bond donors (Lipinski definition) is 2. The number of ether oxygens (including phenoxy) is 1. The van der Waals surface area contributed by atoms with Crippen LogP contribution in [-0.2, 0) is 0 Å². The number of rotatable bonds is 4. The third kappa shape index (κ3) is 3.91. The van der Waals surface area contributed by atoms with Gasteiger partial charge in [-0.2, -0.15) is 0 Å². The van der Waals surface area contributed by atoms with Gasteiger partial charge in [-0.05, 0) is 62.3 Å². The maximum absolute atomic E-state index is 12.4. The van der Waals surface area contributed by atoms with E-state index in [2.05, 4.69) is 5.32 Å². The monoisotopic (exact) mass is 306 g/mol. The molecule has 2 N–H and O–H groups in total. The van der Waals surface area contributed by atoms with Gasteiger partial charge in [-0.25, -0.2) is 4.79 Å². The predicted octanol–water partition coefficient (Wildman–Crippen LogP) is 3.02. The number of methoxy groups -OCH3 is 1. The Bertz CT molecular complexity index is 511. The molecule has 122 valence electrons. The molecule has 1 fully saturated rings. The molecule has 5 heteroatoms. The van der Waals surface area contributed by atoms with Gasteiger partial charge >= 0.3 is 6.03 Å². The summed E-state index contributed by atoms with van der Waals surface area (Å²) in [6.45, 7) is 2.21. The highest BCUT2D eigenvalue weighted by atomic mass is 16.5. The molecule has 22 heavy (non-hydrogen) atoms. The van der Waals surface area contributed by atoms with Gasteiger partial charge in [0, 0.05) is 25.4 Å². The fourth-order valence-corrected chi connectivity index (χ4v) is 3.05. The standard InChI is InChI=1S/C17H26N2O3/c1-12-10-14(6-9-16(12)22-3)18-17(21)19(2)15-7-4-13(11-20)5-8-15/h6,9-10,13,15,20H,4-5,7-8,11H2,1-3H3,(H,18,21). The van der Waals surface area contributed by atoms with Crippen molar-refractivity contribution >= 4 is 11.7 Å². The van der Waals surface area contributed by atoms with Crippen molar-refractivity contribution in [3.05, 3.63) is 23.8 Å². The number of anilines is 1. The molecule has 1 aromatic rings. The molecule has 0 aliphatic heterocycles. The molecular weight excluding hydrogens is 280 g/mol. The van der Waals surface area contributed by atoms with E-state index in [-0.39, 0.29) is 18.7 Å². The first-order valence-electron chi connectivity index (χ1n) is 7.84. The van der Waals surface area contributed by atoms with E-state index in [1.54, 1.807) is 12.0 Å². The molecule has 0 bridgehead atoms. The Hall–Kier alpha value is -1.75. The summed E-state index contributed by atoms with van der Waals surface area (Å²) in [5.41, 5.74) is 1.77. The molecule has 0 radical (unpaired) electrons. The van der Waals surface area contributed by atoms with Crippen LogP contribution in [-0.4, -0.2) is 42.8 Å². The lowest BCUT2D eigenvalue weighted by atomic mass is 9.86. The average Bonchev–Trinajstić information content (AvgIpc) is 2.54. The summed E-state index contributed by atoms with van der Waals surface area (Å²) in [5, 5.41) is 12.1. The predicted molar refractivity (Wildman–Crippen MR) is 87.3 cm³/mol. The Morgan fingerprint density at radius 2 is 2.05 bits per heavy atom. The van der Waals surface area contributed by atoms with Gasteiger partial charge in [0.25, 0.3) is 0 Å². The Morgan fingerprint density at radius 3 is 2.59 bits per heavy atom. The highest BCUT2D eigenvalue weighted by Crippen LogP contribution is 2.27. The quantitative estimate of drug-likeness (QED) is 0.899. The summed E-state index contributed by atoms with van der Waals surface area (Å²) in [7, 11) is 3.48. The van der Waals surface area contributed by atoms with E-state index < -0.39 is 0 Å². The molecule has 1 aromatic carbocycles.